The third kappa shape index (κ3) is 2.30. The first-order valence-electron chi connectivity index (χ1n) is 5.79. The van der Waals surface area contributed by atoms with Gasteiger partial charge in [0.15, 0.2) is 11.3 Å². The number of aliphatic hydroxyl groups is 1. The summed E-state index contributed by atoms with van der Waals surface area (Å²) in [6.45, 7) is 0.292. The Kier molecular flexibility index (Phi) is 2.92. The Hall–Kier alpha value is -2.34. The average molecular weight is 258 g/mol. The number of benzene rings is 1. The Morgan fingerprint density at radius 1 is 1.11 bits per heavy atom. The van der Waals surface area contributed by atoms with Crippen LogP contribution in [0.3, 0.4) is 0 Å². The number of fused-ring (bicyclic) bond motifs is 1. The zero-order valence-corrected chi connectivity index (χ0v) is 9.94. The van der Waals surface area contributed by atoms with Crippen LogP contribution in [0.25, 0.3) is 11.3 Å². The van der Waals surface area contributed by atoms with E-state index in [0.717, 1.165) is 0 Å². The number of halogens is 1. The Balaban J connectivity index is 1.86. The van der Waals surface area contributed by atoms with Crippen LogP contribution < -0.4 is 0 Å². The SMILES string of the molecule is O[C@H](Cn1cnc2nccnc21)c1ccc(F)cc1. The molecule has 1 aromatic carbocycles. The van der Waals surface area contributed by atoms with Crippen LogP contribution in [0.4, 0.5) is 4.39 Å². The van der Waals surface area contributed by atoms with Gasteiger partial charge in [0.2, 0.25) is 0 Å². The number of imidazole rings is 1. The molecule has 1 atom stereocenters. The van der Waals surface area contributed by atoms with Crippen molar-refractivity contribution >= 4 is 11.3 Å². The number of aliphatic hydroxyl groups excluding tert-OH is 1. The van der Waals surface area contributed by atoms with E-state index in [2.05, 4.69) is 15.0 Å². The van der Waals surface area contributed by atoms with Crippen molar-refractivity contribution in [3.63, 3.8) is 0 Å². The summed E-state index contributed by atoms with van der Waals surface area (Å²) >= 11 is 0. The molecular formula is C13H11FN4O. The van der Waals surface area contributed by atoms with Crippen LogP contribution in [0, 0.1) is 5.82 Å². The minimum absolute atomic E-state index is 0.292. The van der Waals surface area contributed by atoms with Crippen LogP contribution in [-0.2, 0) is 6.54 Å². The van der Waals surface area contributed by atoms with E-state index in [1.165, 1.54) is 12.1 Å². The van der Waals surface area contributed by atoms with E-state index in [4.69, 9.17) is 0 Å². The van der Waals surface area contributed by atoms with Gasteiger partial charge in [-0.05, 0) is 17.7 Å². The van der Waals surface area contributed by atoms with Crippen molar-refractivity contribution in [2.45, 2.75) is 12.6 Å². The largest absolute Gasteiger partial charge is 0.387 e. The molecule has 0 radical (unpaired) electrons. The molecule has 0 aliphatic heterocycles. The molecule has 0 saturated carbocycles. The Bertz CT molecular complexity index is 695. The van der Waals surface area contributed by atoms with Gasteiger partial charge in [0.25, 0.3) is 0 Å². The van der Waals surface area contributed by atoms with Crippen molar-refractivity contribution in [2.75, 3.05) is 0 Å². The number of hydrogen-bond acceptors (Lipinski definition) is 4. The molecule has 2 heterocycles. The van der Waals surface area contributed by atoms with Gasteiger partial charge in [0, 0.05) is 12.4 Å². The van der Waals surface area contributed by atoms with E-state index in [9.17, 15) is 9.50 Å². The highest BCUT2D eigenvalue weighted by Crippen LogP contribution is 2.17. The summed E-state index contributed by atoms with van der Waals surface area (Å²) < 4.78 is 14.5. The lowest BCUT2D eigenvalue weighted by Crippen LogP contribution is -2.08. The highest BCUT2D eigenvalue weighted by Gasteiger charge is 2.11. The van der Waals surface area contributed by atoms with Crippen LogP contribution in [0.2, 0.25) is 0 Å². The summed E-state index contributed by atoms with van der Waals surface area (Å²) in [6, 6.07) is 5.77. The first-order chi connectivity index (χ1) is 9.24. The summed E-state index contributed by atoms with van der Waals surface area (Å²) in [4.78, 5) is 12.3. The molecule has 0 amide bonds. The van der Waals surface area contributed by atoms with Crippen molar-refractivity contribution in [3.05, 3.63) is 54.4 Å². The molecule has 0 aliphatic rings. The second kappa shape index (κ2) is 4.74. The Morgan fingerprint density at radius 3 is 2.63 bits per heavy atom. The summed E-state index contributed by atoms with van der Waals surface area (Å²) in [5, 5.41) is 10.1. The van der Waals surface area contributed by atoms with Gasteiger partial charge < -0.3 is 9.67 Å². The number of aromatic nitrogens is 4. The molecule has 2 aromatic heterocycles. The van der Waals surface area contributed by atoms with Gasteiger partial charge in [-0.1, -0.05) is 12.1 Å². The third-order valence-electron chi connectivity index (χ3n) is 2.88. The van der Waals surface area contributed by atoms with E-state index in [1.54, 1.807) is 35.4 Å². The second-order valence-electron chi connectivity index (χ2n) is 4.17. The van der Waals surface area contributed by atoms with Crippen molar-refractivity contribution in [3.8, 4) is 0 Å². The highest BCUT2D eigenvalue weighted by atomic mass is 19.1. The van der Waals surface area contributed by atoms with Crippen LogP contribution in [0.5, 0.6) is 0 Å². The zero-order valence-electron chi connectivity index (χ0n) is 9.94. The van der Waals surface area contributed by atoms with Gasteiger partial charge in [-0.25, -0.2) is 19.3 Å². The fraction of sp³-hybridized carbons (Fsp3) is 0.154. The molecule has 5 nitrogen and oxygen atoms in total. The summed E-state index contributed by atoms with van der Waals surface area (Å²) in [6.07, 6.45) is 3.97. The van der Waals surface area contributed by atoms with Crippen LogP contribution >= 0.6 is 0 Å². The molecule has 1 N–H and O–H groups in total. The monoisotopic (exact) mass is 258 g/mol. The van der Waals surface area contributed by atoms with Crippen molar-refractivity contribution in [1.82, 2.24) is 19.5 Å². The maximum Gasteiger partial charge on any atom is 0.197 e. The average Bonchev–Trinajstić information content (AvgIpc) is 2.83. The summed E-state index contributed by atoms with van der Waals surface area (Å²) in [5.74, 6) is -0.324. The van der Waals surface area contributed by atoms with E-state index < -0.39 is 6.10 Å². The fourth-order valence-corrected chi connectivity index (χ4v) is 1.91. The molecule has 3 rings (SSSR count). The summed E-state index contributed by atoms with van der Waals surface area (Å²) in [7, 11) is 0. The van der Waals surface area contributed by atoms with Crippen LogP contribution in [0.15, 0.2) is 43.0 Å². The van der Waals surface area contributed by atoms with E-state index in [1.807, 2.05) is 0 Å². The van der Waals surface area contributed by atoms with Gasteiger partial charge in [-0.2, -0.15) is 0 Å². The molecule has 3 aromatic rings. The molecule has 0 saturated heterocycles. The van der Waals surface area contributed by atoms with Crippen molar-refractivity contribution in [1.29, 1.82) is 0 Å². The minimum Gasteiger partial charge on any atom is -0.387 e. The maximum absolute atomic E-state index is 12.8. The lowest BCUT2D eigenvalue weighted by atomic mass is 10.1. The number of hydrogen-bond donors (Lipinski definition) is 1. The van der Waals surface area contributed by atoms with Gasteiger partial charge in [-0.3, -0.25) is 0 Å². The molecule has 0 aliphatic carbocycles. The van der Waals surface area contributed by atoms with Crippen LogP contribution in [0.1, 0.15) is 11.7 Å². The van der Waals surface area contributed by atoms with Crippen LogP contribution in [-0.4, -0.2) is 24.6 Å². The van der Waals surface area contributed by atoms with Gasteiger partial charge in [0.05, 0.1) is 19.0 Å². The van der Waals surface area contributed by atoms with E-state index in [0.29, 0.717) is 23.4 Å². The lowest BCUT2D eigenvalue weighted by Gasteiger charge is -2.11. The lowest BCUT2D eigenvalue weighted by molar-refractivity contribution is 0.157. The Labute approximate surface area is 108 Å². The smallest absolute Gasteiger partial charge is 0.197 e. The number of rotatable bonds is 3. The third-order valence-corrected chi connectivity index (χ3v) is 2.88. The standard InChI is InChI=1S/C13H11FN4O/c14-10-3-1-9(2-4-10)11(19)7-18-8-17-12-13(18)16-6-5-15-12/h1-6,8,11,19H,7H2/t11-/m1/s1. The molecule has 0 fully saturated rings. The number of nitrogens with zero attached hydrogens (tertiary/aromatic N) is 4. The Morgan fingerprint density at radius 2 is 1.84 bits per heavy atom. The predicted octanol–water partition coefficient (Wildman–Crippen LogP) is 1.70. The molecule has 0 unspecified atom stereocenters. The predicted molar refractivity (Wildman–Crippen MR) is 66.7 cm³/mol. The first kappa shape index (κ1) is 11.7. The molecule has 0 spiro atoms. The van der Waals surface area contributed by atoms with E-state index in [-0.39, 0.29) is 5.82 Å². The zero-order chi connectivity index (χ0) is 13.2. The van der Waals surface area contributed by atoms with Crippen molar-refractivity contribution in [2.24, 2.45) is 0 Å². The quantitative estimate of drug-likeness (QED) is 0.776. The fourth-order valence-electron chi connectivity index (χ4n) is 1.91. The summed E-state index contributed by atoms with van der Waals surface area (Å²) in [5.41, 5.74) is 1.80. The molecule has 19 heavy (non-hydrogen) atoms. The normalized spacial score (nSPS) is 12.7. The second-order valence-corrected chi connectivity index (χ2v) is 4.17. The topological polar surface area (TPSA) is 63.8 Å². The van der Waals surface area contributed by atoms with Gasteiger partial charge >= 0.3 is 0 Å². The van der Waals surface area contributed by atoms with Gasteiger partial charge in [0.1, 0.15) is 5.82 Å². The molecule has 0 bridgehead atoms. The molecule has 96 valence electrons. The molecule has 6 heteroatoms. The van der Waals surface area contributed by atoms with Crippen molar-refractivity contribution < 1.29 is 9.50 Å². The first-order valence-corrected chi connectivity index (χ1v) is 5.79. The highest BCUT2D eigenvalue weighted by molar-refractivity contribution is 5.64. The minimum atomic E-state index is -0.750. The maximum atomic E-state index is 12.8. The van der Waals surface area contributed by atoms with Gasteiger partial charge in [-0.15, -0.1) is 0 Å². The van der Waals surface area contributed by atoms with E-state index >= 15 is 0 Å². The molecular weight excluding hydrogens is 247 g/mol.